The zero-order valence-corrected chi connectivity index (χ0v) is 24.7. The van der Waals surface area contributed by atoms with Gasteiger partial charge in [-0.05, 0) is 6.42 Å². The minimum absolute atomic E-state index is 0.000575. The lowest BCUT2D eigenvalue weighted by Crippen LogP contribution is -2.73. The van der Waals surface area contributed by atoms with Gasteiger partial charge in [-0.15, -0.1) is 0 Å². The lowest BCUT2D eigenvalue weighted by molar-refractivity contribution is -0.307. The van der Waals surface area contributed by atoms with Crippen LogP contribution in [-0.2, 0) is 19.0 Å². The maximum Gasteiger partial charge on any atom is 0.252 e. The highest BCUT2D eigenvalue weighted by Gasteiger charge is 2.56. The van der Waals surface area contributed by atoms with Crippen LogP contribution in [0.3, 0.4) is 0 Å². The van der Waals surface area contributed by atoms with Crippen molar-refractivity contribution in [2.75, 3.05) is 26.3 Å². The predicted molar refractivity (Wildman–Crippen MR) is 151 cm³/mol. The van der Waals surface area contributed by atoms with E-state index >= 15 is 0 Å². The van der Waals surface area contributed by atoms with Crippen LogP contribution < -0.4 is 33.6 Å². The highest BCUT2D eigenvalue weighted by atomic mass is 16.7. The van der Waals surface area contributed by atoms with Gasteiger partial charge in [0, 0.05) is 43.9 Å². The fraction of sp³-hybridized carbons (Fsp3) is 0.962. The van der Waals surface area contributed by atoms with Crippen molar-refractivity contribution in [3.05, 3.63) is 0 Å². The van der Waals surface area contributed by atoms with E-state index in [1.165, 1.54) is 0 Å². The standard InChI is InChI=1S/C26H50N6O13/c27-8-2-26(42,3-8)25(41)32-11-1-10(28)14(19(38)22(11)45-24-21(40)15(29)17(36)13(7-34)44-24)23-16(30)20(39)18(37)12(43-23)5-31-4-9(35)6-33/h8-24,31,33-40,42H,1-7,27-30H2,(H,32,41)/t8?,9?,10-,11+,12+,13+,14?,15-,16+,17+,18+,19-,20+,21+,22-,23+,24+,26?/m0/s1. The summed E-state index contributed by atoms with van der Waals surface area (Å²) < 4.78 is 17.6. The molecule has 2 aliphatic carbocycles. The number of ether oxygens (including phenoxy) is 3. The molecule has 0 spiro atoms. The Labute approximate surface area is 259 Å². The molecule has 2 saturated carbocycles. The Balaban J connectivity index is 1.58. The molecule has 4 aliphatic rings. The lowest BCUT2D eigenvalue weighted by atomic mass is 9.71. The highest BCUT2D eigenvalue weighted by Crippen LogP contribution is 2.38. The van der Waals surface area contributed by atoms with Gasteiger partial charge in [-0.25, -0.2) is 0 Å². The quantitative estimate of drug-likeness (QED) is 0.0982. The van der Waals surface area contributed by atoms with Gasteiger partial charge in [0.2, 0.25) is 0 Å². The average molecular weight is 655 g/mol. The molecule has 16 atom stereocenters. The first-order valence-corrected chi connectivity index (χ1v) is 15.2. The van der Waals surface area contributed by atoms with Crippen molar-refractivity contribution in [2.45, 2.75) is 122 Å². The van der Waals surface area contributed by atoms with E-state index in [2.05, 4.69) is 10.6 Å². The molecule has 0 aromatic carbocycles. The first kappa shape index (κ1) is 36.6. The third-order valence-electron chi connectivity index (χ3n) is 9.47. The number of aliphatic hydroxyl groups excluding tert-OH is 8. The summed E-state index contributed by atoms with van der Waals surface area (Å²) in [4.78, 5) is 13.1. The Bertz CT molecular complexity index is 982. The van der Waals surface area contributed by atoms with E-state index in [9.17, 15) is 45.6 Å². The van der Waals surface area contributed by atoms with E-state index in [0.29, 0.717) is 0 Å². The Kier molecular flexibility index (Phi) is 12.1. The van der Waals surface area contributed by atoms with Gasteiger partial charge < -0.3 is 93.7 Å². The van der Waals surface area contributed by atoms with Crippen molar-refractivity contribution < 1.29 is 65.0 Å². The fourth-order valence-electron chi connectivity index (χ4n) is 6.72. The normalized spacial score (nSPS) is 49.6. The molecule has 19 nitrogen and oxygen atoms in total. The van der Waals surface area contributed by atoms with Crippen LogP contribution in [0.1, 0.15) is 19.3 Å². The molecule has 1 amide bonds. The summed E-state index contributed by atoms with van der Waals surface area (Å²) in [5.41, 5.74) is 22.7. The minimum Gasteiger partial charge on any atom is -0.394 e. The summed E-state index contributed by atoms with van der Waals surface area (Å²) in [5.74, 6) is -1.88. The number of rotatable bonds is 11. The summed E-state index contributed by atoms with van der Waals surface area (Å²) in [6.07, 6.45) is -15.4. The van der Waals surface area contributed by atoms with E-state index < -0.39 is 122 Å². The topological polar surface area (TPSA) is 355 Å². The van der Waals surface area contributed by atoms with Gasteiger partial charge >= 0.3 is 0 Å². The van der Waals surface area contributed by atoms with Crippen LogP contribution in [0.4, 0.5) is 0 Å². The molecule has 4 fully saturated rings. The van der Waals surface area contributed by atoms with Crippen molar-refractivity contribution in [1.29, 1.82) is 0 Å². The number of nitrogens with two attached hydrogens (primary N) is 4. The molecule has 2 heterocycles. The van der Waals surface area contributed by atoms with Crippen LogP contribution in [0.2, 0.25) is 0 Å². The summed E-state index contributed by atoms with van der Waals surface area (Å²) >= 11 is 0. The van der Waals surface area contributed by atoms with Gasteiger partial charge in [0.25, 0.3) is 5.91 Å². The molecule has 2 saturated heterocycles. The second kappa shape index (κ2) is 14.9. The van der Waals surface area contributed by atoms with Crippen LogP contribution >= 0.6 is 0 Å². The number of nitrogens with one attached hydrogen (secondary N) is 2. The van der Waals surface area contributed by atoms with E-state index in [4.69, 9.17) is 42.3 Å². The Morgan fingerprint density at radius 1 is 0.911 bits per heavy atom. The first-order valence-electron chi connectivity index (χ1n) is 15.2. The first-order chi connectivity index (χ1) is 21.1. The molecule has 0 aromatic heterocycles. The Hall–Kier alpha value is -1.21. The van der Waals surface area contributed by atoms with Crippen LogP contribution in [-0.4, -0.2) is 181 Å². The second-order valence-corrected chi connectivity index (χ2v) is 12.8. The van der Waals surface area contributed by atoms with Gasteiger partial charge in [0.05, 0.1) is 55.8 Å². The summed E-state index contributed by atoms with van der Waals surface area (Å²) in [5, 5.41) is 98.7. The molecule has 0 aromatic rings. The van der Waals surface area contributed by atoms with Crippen LogP contribution in [0, 0.1) is 5.92 Å². The molecule has 45 heavy (non-hydrogen) atoms. The van der Waals surface area contributed by atoms with Crippen LogP contribution in [0.25, 0.3) is 0 Å². The van der Waals surface area contributed by atoms with Gasteiger partial charge in [0.1, 0.15) is 42.2 Å². The summed E-state index contributed by atoms with van der Waals surface area (Å²) in [6, 6.07) is -4.99. The number of amides is 1. The smallest absolute Gasteiger partial charge is 0.252 e. The molecule has 2 aliphatic heterocycles. The Morgan fingerprint density at radius 3 is 2.18 bits per heavy atom. The molecule has 2 unspecified atom stereocenters. The molecular weight excluding hydrogens is 604 g/mol. The van der Waals surface area contributed by atoms with Crippen molar-refractivity contribution in [2.24, 2.45) is 28.9 Å². The van der Waals surface area contributed by atoms with Crippen molar-refractivity contribution >= 4 is 5.91 Å². The largest absolute Gasteiger partial charge is 0.394 e. The van der Waals surface area contributed by atoms with Crippen molar-refractivity contribution in [3.63, 3.8) is 0 Å². The van der Waals surface area contributed by atoms with Crippen molar-refractivity contribution in [1.82, 2.24) is 10.6 Å². The highest BCUT2D eigenvalue weighted by molar-refractivity contribution is 5.86. The third kappa shape index (κ3) is 7.60. The van der Waals surface area contributed by atoms with Gasteiger partial charge in [-0.3, -0.25) is 4.79 Å². The molecule has 19 heteroatoms. The number of hydrogen-bond acceptors (Lipinski definition) is 18. The minimum atomic E-state index is -1.76. The molecule has 262 valence electrons. The summed E-state index contributed by atoms with van der Waals surface area (Å²) in [7, 11) is 0. The maximum absolute atomic E-state index is 13.1. The molecule has 19 N–H and O–H groups in total. The number of carbonyl (C=O) groups is 1. The molecule has 4 rings (SSSR count). The van der Waals surface area contributed by atoms with E-state index in [1.54, 1.807) is 0 Å². The number of carbonyl (C=O) groups excluding carboxylic acids is 1. The Morgan fingerprint density at radius 2 is 1.58 bits per heavy atom. The lowest BCUT2D eigenvalue weighted by Gasteiger charge is -2.52. The predicted octanol–water partition coefficient (Wildman–Crippen LogP) is -9.06. The summed E-state index contributed by atoms with van der Waals surface area (Å²) in [6.45, 7) is -1.32. The number of hydrogen-bond donors (Lipinski definition) is 15. The molecule has 0 radical (unpaired) electrons. The SMILES string of the molecule is NC1CC(O)(C(=O)N[C@@H]2C[C@H](N)C([C@H]3O[C@H](CNCC(O)CO)[C@@H](O)[C@H](O)[C@H]3N)[C@H](O)[C@H]2O[C@H]2O[C@H](CO)[C@@H](O)[C@H](N)[C@H]2O)C1. The van der Waals surface area contributed by atoms with Gasteiger partial charge in [-0.2, -0.15) is 0 Å². The monoisotopic (exact) mass is 654 g/mol. The zero-order chi connectivity index (χ0) is 33.4. The second-order valence-electron chi connectivity index (χ2n) is 12.8. The van der Waals surface area contributed by atoms with E-state index in [-0.39, 0.29) is 38.4 Å². The van der Waals surface area contributed by atoms with Gasteiger partial charge in [0.15, 0.2) is 6.29 Å². The van der Waals surface area contributed by atoms with E-state index in [0.717, 1.165) is 0 Å². The number of aliphatic hydroxyl groups is 9. The molecule has 0 bridgehead atoms. The van der Waals surface area contributed by atoms with Crippen LogP contribution in [0.5, 0.6) is 0 Å². The van der Waals surface area contributed by atoms with Crippen LogP contribution in [0.15, 0.2) is 0 Å². The molecular formula is C26H50N6O13. The zero-order valence-electron chi connectivity index (χ0n) is 24.7. The van der Waals surface area contributed by atoms with Gasteiger partial charge in [-0.1, -0.05) is 0 Å². The van der Waals surface area contributed by atoms with E-state index in [1.807, 2.05) is 0 Å². The maximum atomic E-state index is 13.1. The average Bonchev–Trinajstić information content (AvgIpc) is 2.98. The van der Waals surface area contributed by atoms with Crippen molar-refractivity contribution in [3.8, 4) is 0 Å². The fourth-order valence-corrected chi connectivity index (χ4v) is 6.72. The third-order valence-corrected chi connectivity index (χ3v) is 9.47.